The summed E-state index contributed by atoms with van der Waals surface area (Å²) in [5, 5.41) is 8.20. The van der Waals surface area contributed by atoms with Crippen LogP contribution in [0.25, 0.3) is 0 Å². The summed E-state index contributed by atoms with van der Waals surface area (Å²) in [5.41, 5.74) is 2.90. The van der Waals surface area contributed by atoms with Gasteiger partial charge in [0.2, 0.25) is 0 Å². The van der Waals surface area contributed by atoms with Gasteiger partial charge in [-0.05, 0) is 24.7 Å². The number of aryl methyl sites for hydroxylation is 2. The zero-order valence-electron chi connectivity index (χ0n) is 14.8. The van der Waals surface area contributed by atoms with E-state index in [0.717, 1.165) is 31.2 Å². The van der Waals surface area contributed by atoms with E-state index < -0.39 is 0 Å². The van der Waals surface area contributed by atoms with Crippen molar-refractivity contribution in [2.75, 3.05) is 18.0 Å². The van der Waals surface area contributed by atoms with Crippen LogP contribution >= 0.6 is 0 Å². The second kappa shape index (κ2) is 5.99. The Hall–Kier alpha value is -1.03. The van der Waals surface area contributed by atoms with Crippen molar-refractivity contribution in [1.29, 1.82) is 0 Å². The van der Waals surface area contributed by atoms with Gasteiger partial charge in [0, 0.05) is 38.3 Å². The van der Waals surface area contributed by atoms with Gasteiger partial charge in [-0.1, -0.05) is 34.6 Å². The molecule has 1 aliphatic rings. The van der Waals surface area contributed by atoms with Crippen LogP contribution in [0.1, 0.15) is 52.3 Å². The van der Waals surface area contributed by atoms with Crippen molar-refractivity contribution in [2.24, 2.45) is 18.4 Å². The third-order valence-corrected chi connectivity index (χ3v) is 4.71. The summed E-state index contributed by atoms with van der Waals surface area (Å²) < 4.78 is 2.07. The summed E-state index contributed by atoms with van der Waals surface area (Å²) in [6, 6.07) is 0.498. The van der Waals surface area contributed by atoms with Crippen molar-refractivity contribution < 1.29 is 0 Å². The Kier molecular flexibility index (Phi) is 4.66. The highest BCUT2D eigenvalue weighted by Crippen LogP contribution is 2.37. The highest BCUT2D eigenvalue weighted by Gasteiger charge is 2.34. The number of hydrogen-bond donors (Lipinski definition) is 1. The summed E-state index contributed by atoms with van der Waals surface area (Å²) in [6.07, 6.45) is 1.28. The second-order valence-corrected chi connectivity index (χ2v) is 7.84. The van der Waals surface area contributed by atoms with Gasteiger partial charge in [-0.2, -0.15) is 5.10 Å². The van der Waals surface area contributed by atoms with Crippen LogP contribution in [0.3, 0.4) is 0 Å². The van der Waals surface area contributed by atoms with E-state index in [1.807, 2.05) is 0 Å². The van der Waals surface area contributed by atoms with E-state index in [9.17, 15) is 0 Å². The van der Waals surface area contributed by atoms with Crippen LogP contribution in [0.5, 0.6) is 0 Å². The molecule has 2 heterocycles. The van der Waals surface area contributed by atoms with Gasteiger partial charge >= 0.3 is 0 Å². The van der Waals surface area contributed by atoms with Crippen molar-refractivity contribution in [3.8, 4) is 0 Å². The molecule has 1 atom stereocenters. The summed E-state index contributed by atoms with van der Waals surface area (Å²) in [5.74, 6) is 2.08. The van der Waals surface area contributed by atoms with Crippen molar-refractivity contribution in [3.63, 3.8) is 0 Å². The molecule has 1 saturated heterocycles. The second-order valence-electron chi connectivity index (χ2n) is 7.84. The molecule has 0 aliphatic carbocycles. The standard InChI is InChI=1S/C17H32N4/c1-12(2)18-10-15-13(3)19-20(7)16(15)21-9-8-14(11-21)17(4,5)6/h12,14,18H,8-11H2,1-7H3. The number of nitrogens with zero attached hydrogens (tertiary/aromatic N) is 3. The monoisotopic (exact) mass is 292 g/mol. The molecule has 0 saturated carbocycles. The van der Waals surface area contributed by atoms with Crippen LogP contribution in [0.2, 0.25) is 0 Å². The Morgan fingerprint density at radius 3 is 2.52 bits per heavy atom. The molecule has 0 spiro atoms. The zero-order valence-corrected chi connectivity index (χ0v) is 14.8. The fourth-order valence-electron chi connectivity index (χ4n) is 3.26. The van der Waals surface area contributed by atoms with Crippen LogP contribution in [0.4, 0.5) is 5.82 Å². The molecule has 0 bridgehead atoms. The molecule has 2 rings (SSSR count). The maximum Gasteiger partial charge on any atom is 0.131 e. The van der Waals surface area contributed by atoms with E-state index in [2.05, 4.69) is 68.6 Å². The van der Waals surface area contributed by atoms with Gasteiger partial charge in [0.1, 0.15) is 5.82 Å². The van der Waals surface area contributed by atoms with Crippen LogP contribution in [0.15, 0.2) is 0 Å². The average molecular weight is 292 g/mol. The van der Waals surface area contributed by atoms with Crippen molar-refractivity contribution in [3.05, 3.63) is 11.3 Å². The molecule has 1 unspecified atom stereocenters. The molecule has 0 aromatic carbocycles. The fraction of sp³-hybridized carbons (Fsp3) is 0.824. The number of rotatable bonds is 4. The normalized spacial score (nSPS) is 19.8. The van der Waals surface area contributed by atoms with Crippen LogP contribution in [-0.4, -0.2) is 28.9 Å². The van der Waals surface area contributed by atoms with Gasteiger partial charge in [0.15, 0.2) is 0 Å². The van der Waals surface area contributed by atoms with Crippen LogP contribution < -0.4 is 10.2 Å². The summed E-state index contributed by atoms with van der Waals surface area (Å²) in [7, 11) is 2.08. The molecule has 1 aromatic heterocycles. The molecule has 1 aromatic rings. The first-order valence-corrected chi connectivity index (χ1v) is 8.21. The largest absolute Gasteiger partial charge is 0.356 e. The van der Waals surface area contributed by atoms with Gasteiger partial charge in [0.05, 0.1) is 5.69 Å². The molecule has 4 heteroatoms. The summed E-state index contributed by atoms with van der Waals surface area (Å²) in [6.45, 7) is 16.8. The maximum absolute atomic E-state index is 4.66. The number of anilines is 1. The SMILES string of the molecule is Cc1nn(C)c(N2CCC(C(C)(C)C)C2)c1CNC(C)C. The molecule has 4 nitrogen and oxygen atoms in total. The lowest BCUT2D eigenvalue weighted by atomic mass is 9.80. The Bertz CT molecular complexity index is 482. The minimum absolute atomic E-state index is 0.388. The van der Waals surface area contributed by atoms with Gasteiger partial charge in [-0.15, -0.1) is 0 Å². The Morgan fingerprint density at radius 1 is 1.33 bits per heavy atom. The van der Waals surface area contributed by atoms with Crippen molar-refractivity contribution >= 4 is 5.82 Å². The topological polar surface area (TPSA) is 33.1 Å². The molecular formula is C17H32N4. The first-order chi connectivity index (χ1) is 9.70. The highest BCUT2D eigenvalue weighted by atomic mass is 15.4. The molecule has 120 valence electrons. The smallest absolute Gasteiger partial charge is 0.131 e. The van der Waals surface area contributed by atoms with Gasteiger partial charge in [0.25, 0.3) is 0 Å². The predicted molar refractivity (Wildman–Crippen MR) is 89.7 cm³/mol. The first-order valence-electron chi connectivity index (χ1n) is 8.21. The minimum atomic E-state index is 0.388. The molecule has 1 N–H and O–H groups in total. The molecule has 0 amide bonds. The van der Waals surface area contributed by atoms with E-state index >= 15 is 0 Å². The number of nitrogens with one attached hydrogen (secondary N) is 1. The Balaban J connectivity index is 2.20. The Morgan fingerprint density at radius 2 is 2.00 bits per heavy atom. The molecule has 1 fully saturated rings. The molecule has 21 heavy (non-hydrogen) atoms. The molecule has 0 radical (unpaired) electrons. The maximum atomic E-state index is 4.66. The summed E-state index contributed by atoms with van der Waals surface area (Å²) in [4.78, 5) is 2.53. The lowest BCUT2D eigenvalue weighted by Crippen LogP contribution is -2.29. The lowest BCUT2D eigenvalue weighted by molar-refractivity contribution is 0.263. The minimum Gasteiger partial charge on any atom is -0.356 e. The lowest BCUT2D eigenvalue weighted by Gasteiger charge is -2.28. The summed E-state index contributed by atoms with van der Waals surface area (Å²) >= 11 is 0. The third kappa shape index (κ3) is 3.60. The van der Waals surface area contributed by atoms with Crippen LogP contribution in [-0.2, 0) is 13.6 Å². The van der Waals surface area contributed by atoms with Gasteiger partial charge in [-0.3, -0.25) is 4.68 Å². The highest BCUT2D eigenvalue weighted by molar-refractivity contribution is 5.51. The quantitative estimate of drug-likeness (QED) is 0.925. The zero-order chi connectivity index (χ0) is 15.8. The average Bonchev–Trinajstić information content (AvgIpc) is 2.90. The molecular weight excluding hydrogens is 260 g/mol. The van der Waals surface area contributed by atoms with E-state index in [0.29, 0.717) is 11.5 Å². The first kappa shape index (κ1) is 16.3. The number of hydrogen-bond acceptors (Lipinski definition) is 3. The van der Waals surface area contributed by atoms with E-state index in [1.165, 1.54) is 17.8 Å². The number of aromatic nitrogens is 2. The van der Waals surface area contributed by atoms with Crippen molar-refractivity contribution in [2.45, 2.75) is 60.5 Å². The fourth-order valence-corrected chi connectivity index (χ4v) is 3.26. The van der Waals surface area contributed by atoms with Crippen LogP contribution in [0, 0.1) is 18.3 Å². The third-order valence-electron chi connectivity index (χ3n) is 4.71. The van der Waals surface area contributed by atoms with Gasteiger partial charge in [-0.25, -0.2) is 0 Å². The predicted octanol–water partition coefficient (Wildman–Crippen LogP) is 3.10. The van der Waals surface area contributed by atoms with E-state index in [-0.39, 0.29) is 0 Å². The molecule has 1 aliphatic heterocycles. The van der Waals surface area contributed by atoms with E-state index in [1.54, 1.807) is 0 Å². The van der Waals surface area contributed by atoms with E-state index in [4.69, 9.17) is 0 Å². The van der Waals surface area contributed by atoms with Gasteiger partial charge < -0.3 is 10.2 Å². The Labute approximate surface area is 129 Å². The van der Waals surface area contributed by atoms with Crippen molar-refractivity contribution in [1.82, 2.24) is 15.1 Å².